The summed E-state index contributed by atoms with van der Waals surface area (Å²) < 4.78 is 0. The number of hydrogen-bond donors (Lipinski definition) is 2. The van der Waals surface area contributed by atoms with E-state index in [2.05, 4.69) is 10.3 Å². The van der Waals surface area contributed by atoms with Crippen molar-refractivity contribution in [2.45, 2.75) is 44.6 Å². The summed E-state index contributed by atoms with van der Waals surface area (Å²) >= 11 is 0. The Morgan fingerprint density at radius 3 is 2.84 bits per heavy atom. The smallest absolute Gasteiger partial charge is 0.163 e. The summed E-state index contributed by atoms with van der Waals surface area (Å²) in [7, 11) is 0. The topological polar surface area (TPSA) is 70.9 Å². The van der Waals surface area contributed by atoms with Crippen LogP contribution in [0.25, 0.3) is 11.4 Å². The van der Waals surface area contributed by atoms with Gasteiger partial charge in [0.2, 0.25) is 0 Å². The van der Waals surface area contributed by atoms with E-state index >= 15 is 0 Å². The Morgan fingerprint density at radius 2 is 2.08 bits per heavy atom. The van der Waals surface area contributed by atoms with Gasteiger partial charge in [0.05, 0.1) is 0 Å². The van der Waals surface area contributed by atoms with Crippen molar-refractivity contribution in [2.24, 2.45) is 17.8 Å². The van der Waals surface area contributed by atoms with Crippen molar-refractivity contribution < 1.29 is 5.11 Å². The van der Waals surface area contributed by atoms with E-state index in [0.29, 0.717) is 30.4 Å². The number of hydrogen-bond acceptors (Lipinski definition) is 5. The maximum atomic E-state index is 9.51. The van der Waals surface area contributed by atoms with E-state index in [1.165, 1.54) is 24.1 Å². The van der Waals surface area contributed by atoms with Gasteiger partial charge in [0.15, 0.2) is 5.82 Å². The number of rotatable bonds is 4. The van der Waals surface area contributed by atoms with Crippen LogP contribution in [0.5, 0.6) is 0 Å². The monoisotopic (exact) mass is 336 g/mol. The van der Waals surface area contributed by atoms with Gasteiger partial charge in [0.25, 0.3) is 0 Å². The number of aliphatic hydroxyl groups is 1. The molecular formula is C20H24N4O. The largest absolute Gasteiger partial charge is 0.396 e. The third kappa shape index (κ3) is 2.61. The first-order valence-corrected chi connectivity index (χ1v) is 9.49. The van der Waals surface area contributed by atoms with Crippen LogP contribution in [0.1, 0.15) is 36.9 Å². The van der Waals surface area contributed by atoms with Crippen LogP contribution in [-0.2, 0) is 12.8 Å². The zero-order valence-electron chi connectivity index (χ0n) is 14.4. The van der Waals surface area contributed by atoms with Crippen molar-refractivity contribution in [3.05, 3.63) is 35.8 Å². The van der Waals surface area contributed by atoms with Crippen LogP contribution < -0.4 is 5.32 Å². The highest BCUT2D eigenvalue weighted by Crippen LogP contribution is 2.49. The van der Waals surface area contributed by atoms with Crippen molar-refractivity contribution >= 4 is 5.82 Å². The van der Waals surface area contributed by atoms with E-state index in [9.17, 15) is 5.11 Å². The van der Waals surface area contributed by atoms with Gasteiger partial charge in [-0.1, -0.05) is 0 Å². The first kappa shape index (κ1) is 15.3. The van der Waals surface area contributed by atoms with E-state index in [0.717, 1.165) is 42.9 Å². The van der Waals surface area contributed by atoms with Crippen LogP contribution in [0.3, 0.4) is 0 Å². The van der Waals surface area contributed by atoms with E-state index in [4.69, 9.17) is 9.97 Å². The molecule has 5 rings (SSSR count). The number of fused-ring (bicyclic) bond motifs is 3. The van der Waals surface area contributed by atoms with Crippen molar-refractivity contribution in [2.75, 3.05) is 11.9 Å². The van der Waals surface area contributed by atoms with Gasteiger partial charge in [-0.25, -0.2) is 9.97 Å². The maximum Gasteiger partial charge on any atom is 0.163 e. The van der Waals surface area contributed by atoms with Crippen LogP contribution in [0.15, 0.2) is 24.5 Å². The molecule has 2 fully saturated rings. The predicted molar refractivity (Wildman–Crippen MR) is 96.1 cm³/mol. The Bertz CT molecular complexity index is 779. The minimum atomic E-state index is 0.349. The summed E-state index contributed by atoms with van der Waals surface area (Å²) in [4.78, 5) is 13.9. The summed E-state index contributed by atoms with van der Waals surface area (Å²) in [6.07, 6.45) is 10.5. The van der Waals surface area contributed by atoms with Crippen molar-refractivity contribution in [3.8, 4) is 11.4 Å². The molecule has 0 saturated heterocycles. The van der Waals surface area contributed by atoms with E-state index in [-0.39, 0.29) is 0 Å². The molecule has 2 aromatic heterocycles. The molecule has 0 aromatic carbocycles. The van der Waals surface area contributed by atoms with Crippen LogP contribution in [0, 0.1) is 17.8 Å². The number of aryl methyl sites for hydroxylation is 1. The Labute approximate surface area is 147 Å². The van der Waals surface area contributed by atoms with Crippen LogP contribution in [0.2, 0.25) is 0 Å². The molecule has 2 aromatic rings. The molecule has 3 aliphatic rings. The normalized spacial score (nSPS) is 29.8. The molecule has 0 radical (unpaired) electrons. The third-order valence-electron chi connectivity index (χ3n) is 6.41. The Morgan fingerprint density at radius 1 is 1.12 bits per heavy atom. The Kier molecular flexibility index (Phi) is 3.70. The highest BCUT2D eigenvalue weighted by molar-refractivity contribution is 5.60. The molecule has 25 heavy (non-hydrogen) atoms. The molecule has 5 nitrogen and oxygen atoms in total. The second-order valence-electron chi connectivity index (χ2n) is 7.84. The van der Waals surface area contributed by atoms with Gasteiger partial charge in [-0.05, 0) is 68.4 Å². The molecule has 2 heterocycles. The first-order chi connectivity index (χ1) is 12.3. The lowest BCUT2D eigenvalue weighted by Gasteiger charge is -2.28. The summed E-state index contributed by atoms with van der Waals surface area (Å²) in [6, 6.07) is 4.45. The summed E-state index contributed by atoms with van der Waals surface area (Å²) in [5.41, 5.74) is 3.50. The molecule has 4 atom stereocenters. The lowest BCUT2D eigenvalue weighted by molar-refractivity contribution is 0.173. The van der Waals surface area contributed by atoms with Gasteiger partial charge in [0, 0.05) is 41.9 Å². The Hall–Kier alpha value is -2.01. The fourth-order valence-corrected chi connectivity index (χ4v) is 5.15. The number of aromatic nitrogens is 3. The van der Waals surface area contributed by atoms with E-state index in [1.54, 1.807) is 6.20 Å². The highest BCUT2D eigenvalue weighted by atomic mass is 16.3. The maximum absolute atomic E-state index is 9.51. The molecule has 0 aliphatic heterocycles. The van der Waals surface area contributed by atoms with Crippen LogP contribution in [-0.4, -0.2) is 32.7 Å². The second-order valence-corrected chi connectivity index (χ2v) is 7.84. The SMILES string of the molecule is OC[C@@H]1C[C@H]2C[C@@H]1C[C@H]2Nc1nc(-c2cccnc2)nc2c1CCC2. The first-order valence-electron chi connectivity index (χ1n) is 9.49. The van der Waals surface area contributed by atoms with Gasteiger partial charge in [0.1, 0.15) is 5.82 Å². The van der Waals surface area contributed by atoms with Crippen LogP contribution >= 0.6 is 0 Å². The number of nitrogens with one attached hydrogen (secondary N) is 1. The van der Waals surface area contributed by atoms with Gasteiger partial charge < -0.3 is 10.4 Å². The fourth-order valence-electron chi connectivity index (χ4n) is 5.15. The minimum absolute atomic E-state index is 0.349. The highest BCUT2D eigenvalue weighted by Gasteiger charge is 2.45. The van der Waals surface area contributed by atoms with Gasteiger partial charge >= 0.3 is 0 Å². The molecule has 130 valence electrons. The van der Waals surface area contributed by atoms with E-state index in [1.807, 2.05) is 18.3 Å². The number of anilines is 1. The Balaban J connectivity index is 1.45. The zero-order valence-corrected chi connectivity index (χ0v) is 14.4. The number of aliphatic hydroxyl groups excluding tert-OH is 1. The molecule has 3 aliphatic carbocycles. The van der Waals surface area contributed by atoms with Gasteiger partial charge in [-0.15, -0.1) is 0 Å². The lowest BCUT2D eigenvalue weighted by atomic mass is 9.86. The predicted octanol–water partition coefficient (Wildman–Crippen LogP) is 2.85. The molecule has 5 heteroatoms. The quantitative estimate of drug-likeness (QED) is 0.898. The standard InChI is InChI=1S/C20H24N4O/c25-11-15-8-14-7-13(15)9-18(14)23-20-16-4-1-5-17(16)22-19(24-20)12-3-2-6-21-10-12/h2-3,6,10,13-15,18,25H,1,4-5,7-9,11H2,(H,22,23,24)/t13-,14-,15+,18-/m1/s1. The minimum Gasteiger partial charge on any atom is -0.396 e. The average molecular weight is 336 g/mol. The summed E-state index contributed by atoms with van der Waals surface area (Å²) in [6.45, 7) is 0.349. The fraction of sp³-hybridized carbons (Fsp3) is 0.550. The molecule has 0 unspecified atom stereocenters. The van der Waals surface area contributed by atoms with Gasteiger partial charge in [-0.3, -0.25) is 4.98 Å². The van der Waals surface area contributed by atoms with Crippen molar-refractivity contribution in [1.82, 2.24) is 15.0 Å². The summed E-state index contributed by atoms with van der Waals surface area (Å²) in [5, 5.41) is 13.3. The molecular weight excluding hydrogens is 312 g/mol. The van der Waals surface area contributed by atoms with Crippen molar-refractivity contribution in [3.63, 3.8) is 0 Å². The zero-order chi connectivity index (χ0) is 16.8. The number of nitrogens with zero attached hydrogens (tertiary/aromatic N) is 3. The lowest BCUT2D eigenvalue weighted by Crippen LogP contribution is -2.31. The van der Waals surface area contributed by atoms with Crippen molar-refractivity contribution in [1.29, 1.82) is 0 Å². The molecule has 2 saturated carbocycles. The molecule has 2 N–H and O–H groups in total. The molecule has 2 bridgehead atoms. The third-order valence-corrected chi connectivity index (χ3v) is 6.41. The number of pyridine rings is 1. The second kappa shape index (κ2) is 6.06. The molecule has 0 amide bonds. The molecule has 0 spiro atoms. The summed E-state index contributed by atoms with van der Waals surface area (Å²) in [5.74, 6) is 3.70. The average Bonchev–Trinajstić information content (AvgIpc) is 3.37. The van der Waals surface area contributed by atoms with E-state index < -0.39 is 0 Å². The van der Waals surface area contributed by atoms with Gasteiger partial charge in [-0.2, -0.15) is 0 Å². The van der Waals surface area contributed by atoms with Crippen LogP contribution in [0.4, 0.5) is 5.82 Å².